The van der Waals surface area contributed by atoms with Crippen molar-refractivity contribution in [2.24, 2.45) is 31.1 Å². The first-order valence-corrected chi connectivity index (χ1v) is 23.3. The molecule has 0 bridgehead atoms. The fourth-order valence-corrected chi connectivity index (χ4v) is 12.6. The molecular weight excluding hydrogens is 880 g/mol. The molecular formula is C52H42Cl2N4O4S2. The van der Waals surface area contributed by atoms with Gasteiger partial charge in [-0.3, -0.25) is 9.59 Å². The summed E-state index contributed by atoms with van der Waals surface area (Å²) < 4.78 is 0. The maximum Gasteiger partial charge on any atom is 0.176 e. The fourth-order valence-electron chi connectivity index (χ4n) is 9.52. The van der Waals surface area contributed by atoms with Gasteiger partial charge in [0.2, 0.25) is 0 Å². The van der Waals surface area contributed by atoms with E-state index in [0.717, 1.165) is 57.3 Å². The number of carbonyl (C=O) groups excluding carboxylic acids is 2. The number of fused-ring (bicyclic) bond motifs is 2. The van der Waals surface area contributed by atoms with Gasteiger partial charge in [-0.25, -0.2) is 9.98 Å². The number of halogens is 2. The van der Waals surface area contributed by atoms with E-state index in [1.54, 1.807) is 24.3 Å². The molecule has 2 aliphatic carbocycles. The molecule has 2 N–H and O–H groups in total. The highest BCUT2D eigenvalue weighted by atomic mass is 35.5. The van der Waals surface area contributed by atoms with Gasteiger partial charge < -0.3 is 10.4 Å². The number of hydrogen-bond donors (Lipinski definition) is 2. The Morgan fingerprint density at radius 1 is 0.531 bits per heavy atom. The molecule has 0 aromatic heterocycles. The summed E-state index contributed by atoms with van der Waals surface area (Å²) in [7, 11) is 0. The van der Waals surface area contributed by atoms with E-state index in [4.69, 9.17) is 33.2 Å². The number of aliphatic imine (C=N–C) groups is 2. The van der Waals surface area contributed by atoms with Crippen LogP contribution in [0.1, 0.15) is 78.8 Å². The van der Waals surface area contributed by atoms with Crippen LogP contribution in [0.25, 0.3) is 0 Å². The second kappa shape index (κ2) is 18.0. The van der Waals surface area contributed by atoms with Gasteiger partial charge in [0.1, 0.15) is 10.1 Å². The standard InChI is InChI=1S/2C26H21ClN2O2S/c2*1-16-9-11-18(12-10-16)22-24(29-31)32-25(28-20-7-4-6-19(27)15-20)26(22)14-13-17-5-2-3-8-21(17)23(26)30/h2*2-12,15,22,31H,13-14H2,1H3/b2*28-25?,29-24-/t2*22-,26-/m00/s1. The summed E-state index contributed by atoms with van der Waals surface area (Å²) in [6.45, 7) is 4.05. The van der Waals surface area contributed by atoms with Crippen LogP contribution in [-0.4, -0.2) is 42.2 Å². The summed E-state index contributed by atoms with van der Waals surface area (Å²) in [5, 5.41) is 30.6. The molecule has 2 spiro atoms. The maximum absolute atomic E-state index is 14.2. The summed E-state index contributed by atoms with van der Waals surface area (Å²) in [4.78, 5) is 38.1. The molecule has 0 unspecified atom stereocenters. The summed E-state index contributed by atoms with van der Waals surface area (Å²) in [6.07, 6.45) is 2.68. The lowest BCUT2D eigenvalue weighted by molar-refractivity contribution is 0.0836. The van der Waals surface area contributed by atoms with E-state index in [2.05, 4.69) is 10.3 Å². The fraction of sp³-hybridized carbons (Fsp3) is 0.192. The average molecular weight is 922 g/mol. The number of carbonyl (C=O) groups is 2. The number of rotatable bonds is 4. The predicted octanol–water partition coefficient (Wildman–Crippen LogP) is 13.6. The molecule has 64 heavy (non-hydrogen) atoms. The third-order valence-electron chi connectivity index (χ3n) is 12.7. The van der Waals surface area contributed by atoms with Crippen LogP contribution in [0, 0.1) is 24.7 Å². The van der Waals surface area contributed by atoms with Crippen molar-refractivity contribution in [2.45, 2.75) is 51.4 Å². The van der Waals surface area contributed by atoms with Gasteiger partial charge in [0.25, 0.3) is 0 Å². The molecule has 2 heterocycles. The molecule has 4 atom stereocenters. The molecule has 2 fully saturated rings. The van der Waals surface area contributed by atoms with Crippen molar-refractivity contribution in [3.63, 3.8) is 0 Å². The van der Waals surface area contributed by atoms with Crippen LogP contribution in [0.15, 0.2) is 166 Å². The zero-order valence-electron chi connectivity index (χ0n) is 34.9. The highest BCUT2D eigenvalue weighted by Gasteiger charge is 2.61. The van der Waals surface area contributed by atoms with Crippen LogP contribution < -0.4 is 0 Å². The number of oxime groups is 2. The molecule has 10 rings (SSSR count). The predicted molar refractivity (Wildman–Crippen MR) is 262 cm³/mol. The lowest BCUT2D eigenvalue weighted by Crippen LogP contribution is -2.44. The van der Waals surface area contributed by atoms with Crippen LogP contribution in [0.2, 0.25) is 10.0 Å². The Hall–Kier alpha value is -5.78. The van der Waals surface area contributed by atoms with Crippen LogP contribution in [0.4, 0.5) is 11.4 Å². The zero-order valence-corrected chi connectivity index (χ0v) is 38.1. The number of benzene rings is 6. The Labute approximate surface area is 390 Å². The maximum atomic E-state index is 14.2. The van der Waals surface area contributed by atoms with E-state index >= 15 is 0 Å². The molecule has 6 aromatic rings. The van der Waals surface area contributed by atoms with E-state index in [9.17, 15) is 20.0 Å². The molecule has 2 saturated heterocycles. The second-order valence-electron chi connectivity index (χ2n) is 16.5. The number of ketones is 2. The summed E-state index contributed by atoms with van der Waals surface area (Å²) in [6, 6.07) is 46.2. The van der Waals surface area contributed by atoms with Crippen molar-refractivity contribution >= 4 is 89.8 Å². The Bertz CT molecular complexity index is 2740. The van der Waals surface area contributed by atoms with Crippen molar-refractivity contribution in [3.05, 3.63) is 200 Å². The van der Waals surface area contributed by atoms with E-state index in [0.29, 0.717) is 54.4 Å². The lowest BCUT2D eigenvalue weighted by atomic mass is 9.62. The van der Waals surface area contributed by atoms with E-state index in [1.165, 1.54) is 23.5 Å². The molecule has 6 aromatic carbocycles. The minimum Gasteiger partial charge on any atom is -0.410 e. The first kappa shape index (κ1) is 43.5. The molecule has 2 aliphatic heterocycles. The van der Waals surface area contributed by atoms with Gasteiger partial charge in [0.15, 0.2) is 11.6 Å². The summed E-state index contributed by atoms with van der Waals surface area (Å²) >= 11 is 15.0. The third-order valence-corrected chi connectivity index (χ3v) is 15.5. The summed E-state index contributed by atoms with van der Waals surface area (Å²) in [5.74, 6) is -0.762. The first-order chi connectivity index (χ1) is 31.0. The van der Waals surface area contributed by atoms with Crippen molar-refractivity contribution in [3.8, 4) is 0 Å². The first-order valence-electron chi connectivity index (χ1n) is 20.9. The van der Waals surface area contributed by atoms with Gasteiger partial charge >= 0.3 is 0 Å². The highest BCUT2D eigenvalue weighted by Crippen LogP contribution is 2.59. The van der Waals surface area contributed by atoms with Crippen molar-refractivity contribution in [1.29, 1.82) is 0 Å². The van der Waals surface area contributed by atoms with Crippen molar-refractivity contribution in [1.82, 2.24) is 0 Å². The van der Waals surface area contributed by atoms with Gasteiger partial charge in [0.05, 0.1) is 44.1 Å². The topological polar surface area (TPSA) is 124 Å². The zero-order chi connectivity index (χ0) is 44.6. The number of thioether (sulfide) groups is 2. The molecule has 4 aliphatic rings. The van der Waals surface area contributed by atoms with Crippen molar-refractivity contribution in [2.75, 3.05) is 0 Å². The Morgan fingerprint density at radius 3 is 1.30 bits per heavy atom. The van der Waals surface area contributed by atoms with Gasteiger partial charge in [-0.1, -0.05) is 177 Å². The molecule has 0 radical (unpaired) electrons. The van der Waals surface area contributed by atoms with Gasteiger partial charge in [-0.15, -0.1) is 0 Å². The van der Waals surface area contributed by atoms with Gasteiger partial charge in [-0.05, 0) is 98.2 Å². The van der Waals surface area contributed by atoms with Crippen LogP contribution in [0.3, 0.4) is 0 Å². The highest BCUT2D eigenvalue weighted by molar-refractivity contribution is 8.27. The monoisotopic (exact) mass is 920 g/mol. The minimum absolute atomic E-state index is 0.0249. The Kier molecular flexibility index (Phi) is 12.2. The second-order valence-corrected chi connectivity index (χ2v) is 19.4. The van der Waals surface area contributed by atoms with Gasteiger partial charge in [-0.2, -0.15) is 0 Å². The van der Waals surface area contributed by atoms with Crippen LogP contribution in [-0.2, 0) is 12.8 Å². The average Bonchev–Trinajstić information content (AvgIpc) is 3.79. The Balaban J connectivity index is 0.000000162. The molecule has 8 nitrogen and oxygen atoms in total. The van der Waals surface area contributed by atoms with Crippen LogP contribution >= 0.6 is 46.7 Å². The normalized spacial score (nSPS) is 24.9. The van der Waals surface area contributed by atoms with E-state index in [1.807, 2.05) is 135 Å². The number of hydrogen-bond acceptors (Lipinski definition) is 10. The minimum atomic E-state index is -0.932. The molecule has 0 saturated carbocycles. The lowest BCUT2D eigenvalue weighted by Gasteiger charge is -2.37. The largest absolute Gasteiger partial charge is 0.410 e. The third kappa shape index (κ3) is 7.80. The van der Waals surface area contributed by atoms with Crippen LogP contribution in [0.5, 0.6) is 0 Å². The SMILES string of the molecule is Cc1ccc([C@H]2/C(=N/O)SC(=Nc3cccc(Cl)c3)[C@@]23CCc2ccccc2C3=O)cc1.Cc1ccc([C@H]2/C(=N/O)SC(=Nc3cccc(Cl)c3)[C@@]23CCc2ccccc2C3=O)cc1. The molecule has 12 heteroatoms. The van der Waals surface area contributed by atoms with Gasteiger partial charge in [0, 0.05) is 21.2 Å². The molecule has 320 valence electrons. The van der Waals surface area contributed by atoms with E-state index < -0.39 is 22.7 Å². The smallest absolute Gasteiger partial charge is 0.176 e. The van der Waals surface area contributed by atoms with E-state index in [-0.39, 0.29) is 11.6 Å². The quantitative estimate of drug-likeness (QED) is 0.134. The molecule has 0 amide bonds. The number of Topliss-reactive ketones (excluding diaryl/α,β-unsaturated/α-hetero) is 2. The summed E-state index contributed by atoms with van der Waals surface area (Å²) in [5.41, 5.74) is 7.16. The number of nitrogens with zero attached hydrogens (tertiary/aromatic N) is 4. The number of aryl methyl sites for hydroxylation is 4. The Morgan fingerprint density at radius 2 is 0.922 bits per heavy atom. The van der Waals surface area contributed by atoms with Crippen molar-refractivity contribution < 1.29 is 20.0 Å².